The molecule has 0 aliphatic carbocycles. The van der Waals surface area contributed by atoms with Gasteiger partial charge in [0.05, 0.1) is 16.5 Å². The third-order valence-electron chi connectivity index (χ3n) is 3.41. The largest absolute Gasteiger partial charge is 0.503 e. The van der Waals surface area contributed by atoms with Crippen molar-refractivity contribution in [1.82, 2.24) is 4.90 Å². The summed E-state index contributed by atoms with van der Waals surface area (Å²) in [5, 5.41) is 29.4. The molecule has 1 aliphatic rings. The summed E-state index contributed by atoms with van der Waals surface area (Å²) in [6.45, 7) is 0.419. The predicted molar refractivity (Wildman–Crippen MR) is 75.5 cm³/mol. The number of carboxylic acid groups (broad SMARTS) is 1. The highest BCUT2D eigenvalue weighted by Crippen LogP contribution is 2.37. The van der Waals surface area contributed by atoms with Gasteiger partial charge in [0.2, 0.25) is 0 Å². The maximum Gasteiger partial charge on any atom is 0.323 e. The zero-order valence-electron chi connectivity index (χ0n) is 11.9. The average Bonchev–Trinajstić information content (AvgIpc) is 2.71. The fraction of sp³-hybridized carbons (Fsp3) is 0.214. The maximum absolute atomic E-state index is 12.0. The summed E-state index contributed by atoms with van der Waals surface area (Å²) >= 11 is 0. The molecule has 0 saturated heterocycles. The molecule has 1 aromatic carbocycles. The number of benzene rings is 1. The van der Waals surface area contributed by atoms with E-state index < -0.39 is 40.9 Å². The Morgan fingerprint density at radius 1 is 1.30 bits per heavy atom. The summed E-state index contributed by atoms with van der Waals surface area (Å²) in [4.78, 5) is 45.6. The molecule has 1 amide bonds. The van der Waals surface area contributed by atoms with Crippen molar-refractivity contribution in [1.29, 1.82) is 0 Å². The fourth-order valence-corrected chi connectivity index (χ4v) is 2.45. The highest BCUT2D eigenvalue weighted by Gasteiger charge is 2.43. The zero-order valence-corrected chi connectivity index (χ0v) is 11.9. The molecule has 0 saturated carbocycles. The minimum Gasteiger partial charge on any atom is -0.503 e. The number of nitrogens with zero attached hydrogens (tertiary/aromatic N) is 2. The molecular weight excluding hydrogens is 308 g/mol. The molecular formula is C14H12N2O7. The van der Waals surface area contributed by atoms with Crippen LogP contribution in [0.1, 0.15) is 18.5 Å². The summed E-state index contributed by atoms with van der Waals surface area (Å²) in [7, 11) is 0. The van der Waals surface area contributed by atoms with Crippen LogP contribution in [0.15, 0.2) is 35.6 Å². The van der Waals surface area contributed by atoms with Gasteiger partial charge in [0.1, 0.15) is 6.54 Å². The number of non-ortho nitro benzene ring substituents is 1. The Labute approximate surface area is 129 Å². The number of hydrogen-bond acceptors (Lipinski definition) is 6. The van der Waals surface area contributed by atoms with E-state index >= 15 is 0 Å². The van der Waals surface area contributed by atoms with Crippen LogP contribution in [0.5, 0.6) is 0 Å². The van der Waals surface area contributed by atoms with E-state index in [9.17, 15) is 29.6 Å². The van der Waals surface area contributed by atoms with E-state index in [0.29, 0.717) is 5.56 Å². The number of carbonyl (C=O) groups is 3. The van der Waals surface area contributed by atoms with Crippen molar-refractivity contribution in [2.75, 3.05) is 6.54 Å². The normalized spacial score (nSPS) is 17.5. The van der Waals surface area contributed by atoms with Gasteiger partial charge in [-0.25, -0.2) is 0 Å². The number of Topliss-reactive ketones (excluding diaryl/α,β-unsaturated/α-hetero) is 1. The summed E-state index contributed by atoms with van der Waals surface area (Å²) in [5.41, 5.74) is -0.134. The Morgan fingerprint density at radius 3 is 2.30 bits per heavy atom. The Bertz CT molecular complexity index is 736. The lowest BCUT2D eigenvalue weighted by molar-refractivity contribution is -0.384. The van der Waals surface area contributed by atoms with Gasteiger partial charge in [-0.05, 0) is 24.6 Å². The second kappa shape index (κ2) is 5.87. The number of aliphatic carboxylic acids is 1. The quantitative estimate of drug-likeness (QED) is 0.608. The molecule has 0 unspecified atom stereocenters. The lowest BCUT2D eigenvalue weighted by Gasteiger charge is -2.24. The predicted octanol–water partition coefficient (Wildman–Crippen LogP) is 0.964. The average molecular weight is 320 g/mol. The van der Waals surface area contributed by atoms with Crippen LogP contribution in [0, 0.1) is 10.1 Å². The van der Waals surface area contributed by atoms with Crippen molar-refractivity contribution < 1.29 is 29.5 Å². The third-order valence-corrected chi connectivity index (χ3v) is 3.41. The number of nitro benzene ring substituents is 1. The number of rotatable bonds is 5. The molecule has 0 aromatic heterocycles. The van der Waals surface area contributed by atoms with E-state index in [1.165, 1.54) is 24.3 Å². The number of aliphatic hydroxyl groups is 1. The molecule has 0 radical (unpaired) electrons. The number of hydrogen-bond donors (Lipinski definition) is 2. The van der Waals surface area contributed by atoms with E-state index in [2.05, 4.69) is 0 Å². The second-order valence-corrected chi connectivity index (χ2v) is 4.90. The number of nitro groups is 1. The van der Waals surface area contributed by atoms with Crippen LogP contribution in [0.3, 0.4) is 0 Å². The lowest BCUT2D eigenvalue weighted by Crippen LogP contribution is -2.35. The molecule has 2 N–H and O–H groups in total. The molecule has 0 fully saturated rings. The standard InChI is InChI=1S/C14H12N2O7/c1-7(17)11-12(8-2-4-9(5-3-8)16(22)23)15(6-10(18)19)14(21)13(11)20/h2-5,12,20H,6H2,1H3,(H,18,19)/t12-/m1/s1. The van der Waals surface area contributed by atoms with Gasteiger partial charge in [-0.3, -0.25) is 24.5 Å². The molecule has 1 heterocycles. The first-order valence-electron chi connectivity index (χ1n) is 6.45. The first kappa shape index (κ1) is 16.1. The van der Waals surface area contributed by atoms with Crippen molar-refractivity contribution in [2.24, 2.45) is 0 Å². The summed E-state index contributed by atoms with van der Waals surface area (Å²) in [6.07, 6.45) is 0. The van der Waals surface area contributed by atoms with Crippen LogP contribution in [-0.2, 0) is 14.4 Å². The molecule has 1 atom stereocenters. The van der Waals surface area contributed by atoms with Gasteiger partial charge in [0, 0.05) is 12.1 Å². The highest BCUT2D eigenvalue weighted by atomic mass is 16.6. The molecule has 0 spiro atoms. The van der Waals surface area contributed by atoms with Gasteiger partial charge in [0.25, 0.3) is 11.6 Å². The van der Waals surface area contributed by atoms with E-state index in [1.807, 2.05) is 0 Å². The Kier molecular flexibility index (Phi) is 4.12. The van der Waals surface area contributed by atoms with Gasteiger partial charge in [-0.2, -0.15) is 0 Å². The Balaban J connectivity index is 2.52. The van der Waals surface area contributed by atoms with Crippen molar-refractivity contribution in [3.05, 3.63) is 51.3 Å². The second-order valence-electron chi connectivity index (χ2n) is 4.90. The van der Waals surface area contributed by atoms with Crippen LogP contribution in [0.4, 0.5) is 5.69 Å². The van der Waals surface area contributed by atoms with Gasteiger partial charge in [-0.1, -0.05) is 0 Å². The molecule has 1 aliphatic heterocycles. The summed E-state index contributed by atoms with van der Waals surface area (Å²) in [5.74, 6) is -3.68. The van der Waals surface area contributed by atoms with Crippen LogP contribution >= 0.6 is 0 Å². The van der Waals surface area contributed by atoms with Gasteiger partial charge in [-0.15, -0.1) is 0 Å². The number of ketones is 1. The van der Waals surface area contributed by atoms with Gasteiger partial charge < -0.3 is 15.1 Å². The summed E-state index contributed by atoms with van der Waals surface area (Å²) < 4.78 is 0. The minimum absolute atomic E-state index is 0.194. The molecule has 9 nitrogen and oxygen atoms in total. The topological polar surface area (TPSA) is 138 Å². The van der Waals surface area contributed by atoms with Crippen molar-refractivity contribution >= 4 is 23.3 Å². The van der Waals surface area contributed by atoms with Gasteiger partial charge >= 0.3 is 5.97 Å². The van der Waals surface area contributed by atoms with Crippen LogP contribution in [0.2, 0.25) is 0 Å². The SMILES string of the molecule is CC(=O)C1=C(O)C(=O)N(CC(=O)O)[C@@H]1c1ccc([N+](=O)[O-])cc1. The van der Waals surface area contributed by atoms with Crippen molar-refractivity contribution in [2.45, 2.75) is 13.0 Å². The van der Waals surface area contributed by atoms with E-state index in [4.69, 9.17) is 5.11 Å². The summed E-state index contributed by atoms with van der Waals surface area (Å²) in [6, 6.07) is 3.87. The first-order valence-corrected chi connectivity index (χ1v) is 6.45. The Morgan fingerprint density at radius 2 is 1.87 bits per heavy atom. The minimum atomic E-state index is -1.32. The van der Waals surface area contributed by atoms with Crippen LogP contribution in [0.25, 0.3) is 0 Å². The Hall–Kier alpha value is -3.23. The molecule has 23 heavy (non-hydrogen) atoms. The van der Waals surface area contributed by atoms with Crippen LogP contribution in [-0.4, -0.2) is 44.2 Å². The van der Waals surface area contributed by atoms with E-state index in [-0.39, 0.29) is 11.3 Å². The highest BCUT2D eigenvalue weighted by molar-refractivity contribution is 6.08. The molecule has 1 aromatic rings. The number of amides is 1. The molecule has 9 heteroatoms. The van der Waals surface area contributed by atoms with Gasteiger partial charge in [0.15, 0.2) is 11.5 Å². The smallest absolute Gasteiger partial charge is 0.323 e. The fourth-order valence-electron chi connectivity index (χ4n) is 2.45. The molecule has 2 rings (SSSR count). The maximum atomic E-state index is 12.0. The number of aliphatic hydroxyl groups excluding tert-OH is 1. The van der Waals surface area contributed by atoms with Crippen LogP contribution < -0.4 is 0 Å². The zero-order chi connectivity index (χ0) is 17.3. The number of carboxylic acids is 1. The van der Waals surface area contributed by atoms with Crippen molar-refractivity contribution in [3.63, 3.8) is 0 Å². The third kappa shape index (κ3) is 2.89. The van der Waals surface area contributed by atoms with E-state index in [0.717, 1.165) is 11.8 Å². The lowest BCUT2D eigenvalue weighted by atomic mass is 9.96. The molecule has 0 bridgehead atoms. The monoisotopic (exact) mass is 320 g/mol. The van der Waals surface area contributed by atoms with Crippen molar-refractivity contribution in [3.8, 4) is 0 Å². The first-order chi connectivity index (χ1) is 10.7. The molecule has 120 valence electrons. The number of carbonyl (C=O) groups excluding carboxylic acids is 2. The van der Waals surface area contributed by atoms with E-state index in [1.54, 1.807) is 0 Å².